The van der Waals surface area contributed by atoms with E-state index in [4.69, 9.17) is 0 Å². The Kier molecular flexibility index (Phi) is 5.27. The smallest absolute Gasteiger partial charge is 0.243 e. The second kappa shape index (κ2) is 7.27. The molecule has 1 N–H and O–H groups in total. The van der Waals surface area contributed by atoms with Crippen molar-refractivity contribution in [1.29, 1.82) is 0 Å². The second-order valence-corrected chi connectivity index (χ2v) is 8.57. The summed E-state index contributed by atoms with van der Waals surface area (Å²) >= 11 is 0. The van der Waals surface area contributed by atoms with Crippen LogP contribution < -0.4 is 5.32 Å². The molecule has 3 rings (SSSR count). The maximum absolute atomic E-state index is 12.5. The van der Waals surface area contributed by atoms with E-state index < -0.39 is 10.0 Å². The third kappa shape index (κ3) is 3.78. The van der Waals surface area contributed by atoms with Gasteiger partial charge in [0.15, 0.2) is 0 Å². The Morgan fingerprint density at radius 2 is 1.72 bits per heavy atom. The number of hydrogen-bond acceptors (Lipinski definition) is 4. The Morgan fingerprint density at radius 3 is 2.28 bits per heavy atom. The van der Waals surface area contributed by atoms with Gasteiger partial charge < -0.3 is 5.32 Å². The molecule has 1 saturated heterocycles. The highest BCUT2D eigenvalue weighted by Gasteiger charge is 2.26. The van der Waals surface area contributed by atoms with Gasteiger partial charge in [-0.05, 0) is 44.4 Å². The van der Waals surface area contributed by atoms with Crippen molar-refractivity contribution >= 4 is 10.0 Å². The summed E-state index contributed by atoms with van der Waals surface area (Å²) in [4.78, 5) is 0.386. The van der Waals surface area contributed by atoms with Crippen LogP contribution in [0, 0.1) is 13.8 Å². The lowest BCUT2D eigenvalue weighted by Gasteiger charge is -2.15. The number of nitrogens with one attached hydrogen (secondary N) is 1. The van der Waals surface area contributed by atoms with Crippen LogP contribution in [-0.4, -0.2) is 35.6 Å². The number of nitrogens with zero attached hydrogens (tertiary/aromatic N) is 3. The number of aromatic nitrogens is 2. The summed E-state index contributed by atoms with van der Waals surface area (Å²) in [7, 11) is -1.38. The molecule has 1 aromatic carbocycles. The molecule has 2 heterocycles. The first-order valence-electron chi connectivity index (χ1n) is 8.68. The van der Waals surface area contributed by atoms with Crippen molar-refractivity contribution in [2.24, 2.45) is 7.05 Å². The van der Waals surface area contributed by atoms with Gasteiger partial charge in [0, 0.05) is 44.5 Å². The minimum atomic E-state index is -3.33. The van der Waals surface area contributed by atoms with Gasteiger partial charge in [0.05, 0.1) is 10.6 Å². The Bertz CT molecular complexity index is 835. The molecule has 0 unspecified atom stereocenters. The summed E-state index contributed by atoms with van der Waals surface area (Å²) in [5.41, 5.74) is 4.49. The molecule has 0 bridgehead atoms. The quantitative estimate of drug-likeness (QED) is 0.855. The predicted molar refractivity (Wildman–Crippen MR) is 97.7 cm³/mol. The SMILES string of the molecule is Cc1nn(C)c(C)c1CNCc1ccc(S(=O)(=O)N2CCCC2)cc1. The van der Waals surface area contributed by atoms with Crippen LogP contribution >= 0.6 is 0 Å². The van der Waals surface area contributed by atoms with Gasteiger partial charge in [-0.3, -0.25) is 4.68 Å². The fourth-order valence-corrected chi connectivity index (χ4v) is 4.78. The third-order valence-electron chi connectivity index (χ3n) is 4.92. The number of rotatable bonds is 6. The van der Waals surface area contributed by atoms with Crippen LogP contribution in [0.3, 0.4) is 0 Å². The molecular formula is C18H26N4O2S. The molecule has 2 aromatic rings. The molecule has 136 valence electrons. The van der Waals surface area contributed by atoms with Gasteiger partial charge in [-0.2, -0.15) is 9.40 Å². The van der Waals surface area contributed by atoms with Crippen LogP contribution in [0.1, 0.15) is 35.4 Å². The van der Waals surface area contributed by atoms with Crippen LogP contribution in [-0.2, 0) is 30.2 Å². The molecule has 7 heteroatoms. The van der Waals surface area contributed by atoms with Crippen molar-refractivity contribution in [3.63, 3.8) is 0 Å². The molecule has 0 radical (unpaired) electrons. The molecule has 0 aliphatic carbocycles. The maximum Gasteiger partial charge on any atom is 0.243 e. The zero-order valence-corrected chi connectivity index (χ0v) is 15.9. The topological polar surface area (TPSA) is 67.2 Å². The van der Waals surface area contributed by atoms with Gasteiger partial charge in [-0.15, -0.1) is 0 Å². The first kappa shape index (κ1) is 18.1. The minimum Gasteiger partial charge on any atom is -0.308 e. The van der Waals surface area contributed by atoms with E-state index in [0.29, 0.717) is 24.5 Å². The highest BCUT2D eigenvalue weighted by atomic mass is 32.2. The Hall–Kier alpha value is -1.70. The van der Waals surface area contributed by atoms with E-state index >= 15 is 0 Å². The van der Waals surface area contributed by atoms with Gasteiger partial charge in [0.1, 0.15) is 0 Å². The van der Waals surface area contributed by atoms with E-state index in [-0.39, 0.29) is 0 Å². The lowest BCUT2D eigenvalue weighted by Crippen LogP contribution is -2.27. The number of hydrogen-bond donors (Lipinski definition) is 1. The molecule has 0 amide bonds. The van der Waals surface area contributed by atoms with Crippen molar-refractivity contribution in [3.8, 4) is 0 Å². The Balaban J connectivity index is 1.61. The summed E-state index contributed by atoms with van der Waals surface area (Å²) in [5.74, 6) is 0. The molecule has 1 fully saturated rings. The number of aryl methyl sites for hydroxylation is 2. The Morgan fingerprint density at radius 1 is 1.08 bits per heavy atom. The van der Waals surface area contributed by atoms with Crippen LogP contribution in [0.4, 0.5) is 0 Å². The molecule has 1 aliphatic rings. The van der Waals surface area contributed by atoms with Crippen LogP contribution in [0.15, 0.2) is 29.2 Å². The molecule has 6 nitrogen and oxygen atoms in total. The van der Waals surface area contributed by atoms with Gasteiger partial charge in [-0.25, -0.2) is 8.42 Å². The molecular weight excluding hydrogens is 336 g/mol. The van der Waals surface area contributed by atoms with E-state index in [0.717, 1.165) is 36.3 Å². The van der Waals surface area contributed by atoms with Crippen molar-refractivity contribution in [1.82, 2.24) is 19.4 Å². The zero-order valence-electron chi connectivity index (χ0n) is 15.1. The summed E-state index contributed by atoms with van der Waals surface area (Å²) in [6.45, 7) is 6.79. The highest BCUT2D eigenvalue weighted by Crippen LogP contribution is 2.21. The summed E-state index contributed by atoms with van der Waals surface area (Å²) in [6.07, 6.45) is 1.91. The predicted octanol–water partition coefficient (Wildman–Crippen LogP) is 2.11. The summed E-state index contributed by atoms with van der Waals surface area (Å²) < 4.78 is 28.5. The standard InChI is InChI=1S/C18H26N4O2S/c1-14-18(15(2)21(3)20-14)13-19-12-16-6-8-17(9-7-16)25(23,24)22-10-4-5-11-22/h6-9,19H,4-5,10-13H2,1-3H3. The summed E-state index contributed by atoms with van der Waals surface area (Å²) in [6, 6.07) is 7.20. The van der Waals surface area contributed by atoms with E-state index in [1.54, 1.807) is 16.4 Å². The molecule has 1 aliphatic heterocycles. The zero-order chi connectivity index (χ0) is 18.0. The first-order chi connectivity index (χ1) is 11.9. The average molecular weight is 362 g/mol. The second-order valence-electron chi connectivity index (χ2n) is 6.63. The van der Waals surface area contributed by atoms with E-state index in [1.807, 2.05) is 30.8 Å². The normalized spacial score (nSPS) is 15.8. The first-order valence-corrected chi connectivity index (χ1v) is 10.1. The van der Waals surface area contributed by atoms with E-state index in [1.165, 1.54) is 5.56 Å². The monoisotopic (exact) mass is 362 g/mol. The van der Waals surface area contributed by atoms with E-state index in [9.17, 15) is 8.42 Å². The van der Waals surface area contributed by atoms with Crippen LogP contribution in [0.5, 0.6) is 0 Å². The lowest BCUT2D eigenvalue weighted by molar-refractivity contribution is 0.477. The maximum atomic E-state index is 12.5. The fraction of sp³-hybridized carbons (Fsp3) is 0.500. The van der Waals surface area contributed by atoms with Crippen LogP contribution in [0.2, 0.25) is 0 Å². The highest BCUT2D eigenvalue weighted by molar-refractivity contribution is 7.89. The average Bonchev–Trinajstić information content (AvgIpc) is 3.20. The van der Waals surface area contributed by atoms with Gasteiger partial charge in [0.25, 0.3) is 0 Å². The van der Waals surface area contributed by atoms with Gasteiger partial charge in [-0.1, -0.05) is 12.1 Å². The van der Waals surface area contributed by atoms with E-state index in [2.05, 4.69) is 17.3 Å². The van der Waals surface area contributed by atoms with Crippen molar-refractivity contribution in [2.45, 2.75) is 44.7 Å². The van der Waals surface area contributed by atoms with Gasteiger partial charge >= 0.3 is 0 Å². The molecule has 25 heavy (non-hydrogen) atoms. The molecule has 0 spiro atoms. The molecule has 0 atom stereocenters. The van der Waals surface area contributed by atoms with Crippen molar-refractivity contribution in [3.05, 3.63) is 46.8 Å². The van der Waals surface area contributed by atoms with Crippen molar-refractivity contribution < 1.29 is 8.42 Å². The third-order valence-corrected chi connectivity index (χ3v) is 6.83. The van der Waals surface area contributed by atoms with Gasteiger partial charge in [0.2, 0.25) is 10.0 Å². The van der Waals surface area contributed by atoms with Crippen molar-refractivity contribution in [2.75, 3.05) is 13.1 Å². The summed E-state index contributed by atoms with van der Waals surface area (Å²) in [5, 5.41) is 7.83. The number of benzene rings is 1. The fourth-order valence-electron chi connectivity index (χ4n) is 3.26. The number of sulfonamides is 1. The lowest BCUT2D eigenvalue weighted by atomic mass is 10.2. The minimum absolute atomic E-state index is 0.386. The molecule has 0 saturated carbocycles. The van der Waals surface area contributed by atoms with Crippen LogP contribution in [0.25, 0.3) is 0 Å². The Labute approximate surface area is 149 Å². The largest absolute Gasteiger partial charge is 0.308 e. The molecule has 1 aromatic heterocycles.